The van der Waals surface area contributed by atoms with Gasteiger partial charge in [0.25, 0.3) is 0 Å². The number of ether oxygens (including phenoxy) is 2. The topological polar surface area (TPSA) is 52.6 Å². The molecular weight excluding hydrogens is 340 g/mol. The molecule has 4 rings (SSSR count). The summed E-state index contributed by atoms with van der Waals surface area (Å²) in [6.45, 7) is 5.67. The van der Waals surface area contributed by atoms with Crippen LogP contribution in [0.4, 0.5) is 0 Å². The van der Waals surface area contributed by atoms with Crippen LogP contribution in [0, 0.1) is 5.41 Å². The van der Waals surface area contributed by atoms with Gasteiger partial charge in [-0.1, -0.05) is 26.0 Å². The first kappa shape index (κ1) is 18.5. The van der Waals surface area contributed by atoms with E-state index in [1.807, 2.05) is 6.92 Å². The van der Waals surface area contributed by atoms with Gasteiger partial charge in [-0.25, -0.2) is 0 Å². The first-order valence-electron chi connectivity index (χ1n) is 10.4. The van der Waals surface area contributed by atoms with E-state index in [9.17, 15) is 9.59 Å². The molecule has 3 aliphatic rings. The van der Waals surface area contributed by atoms with Gasteiger partial charge >= 0.3 is 11.9 Å². The highest BCUT2D eigenvalue weighted by Gasteiger charge is 2.51. The zero-order valence-corrected chi connectivity index (χ0v) is 16.7. The number of benzene rings is 1. The Kier molecular flexibility index (Phi) is 4.77. The Balaban J connectivity index is 1.60. The third-order valence-corrected chi connectivity index (χ3v) is 7.16. The van der Waals surface area contributed by atoms with Crippen molar-refractivity contribution in [2.75, 3.05) is 0 Å². The van der Waals surface area contributed by atoms with E-state index >= 15 is 0 Å². The van der Waals surface area contributed by atoms with Gasteiger partial charge in [-0.15, -0.1) is 0 Å². The van der Waals surface area contributed by atoms with Gasteiger partial charge in [0.05, 0.1) is 0 Å². The van der Waals surface area contributed by atoms with Gasteiger partial charge in [0.1, 0.15) is 12.2 Å². The van der Waals surface area contributed by atoms with Crippen molar-refractivity contribution in [1.29, 1.82) is 0 Å². The van der Waals surface area contributed by atoms with Gasteiger partial charge in [0, 0.05) is 25.2 Å². The summed E-state index contributed by atoms with van der Waals surface area (Å²) < 4.78 is 11.3. The molecule has 3 aliphatic carbocycles. The van der Waals surface area contributed by atoms with Gasteiger partial charge in [-0.05, 0) is 66.7 Å². The maximum atomic E-state index is 11.9. The molecule has 1 aromatic carbocycles. The van der Waals surface area contributed by atoms with E-state index in [4.69, 9.17) is 9.47 Å². The average Bonchev–Trinajstić information content (AvgIpc) is 2.97. The second-order valence-corrected chi connectivity index (χ2v) is 8.71. The highest BCUT2D eigenvalue weighted by atomic mass is 16.5. The molecule has 1 fully saturated rings. The van der Waals surface area contributed by atoms with E-state index in [0.29, 0.717) is 12.3 Å². The van der Waals surface area contributed by atoms with Crippen LogP contribution in [0.5, 0.6) is 0 Å². The van der Waals surface area contributed by atoms with E-state index in [2.05, 4.69) is 19.1 Å². The third kappa shape index (κ3) is 3.17. The summed E-state index contributed by atoms with van der Waals surface area (Å²) in [5, 5.41) is 0. The van der Waals surface area contributed by atoms with E-state index in [1.165, 1.54) is 29.2 Å². The Bertz CT molecular complexity index is 768. The van der Waals surface area contributed by atoms with Crippen molar-refractivity contribution in [2.24, 2.45) is 5.41 Å². The van der Waals surface area contributed by atoms with Crippen LogP contribution >= 0.6 is 0 Å². The van der Waals surface area contributed by atoms with Crippen LogP contribution in [-0.4, -0.2) is 24.1 Å². The van der Waals surface area contributed by atoms with Crippen LogP contribution in [0.15, 0.2) is 12.1 Å². The minimum Gasteiger partial charge on any atom is -0.462 e. The lowest BCUT2D eigenvalue weighted by molar-refractivity contribution is -0.154. The summed E-state index contributed by atoms with van der Waals surface area (Å²) in [4.78, 5) is 23.2. The molecule has 0 saturated heterocycles. The molecule has 0 radical (unpaired) electrons. The van der Waals surface area contributed by atoms with Gasteiger partial charge in [0.15, 0.2) is 0 Å². The minimum absolute atomic E-state index is 0.0197. The molecule has 146 valence electrons. The van der Waals surface area contributed by atoms with Gasteiger partial charge < -0.3 is 9.47 Å². The average molecular weight is 370 g/mol. The highest BCUT2D eigenvalue weighted by Crippen LogP contribution is 2.57. The molecule has 0 aliphatic heterocycles. The standard InChI is InChI=1S/C23H30O4/c1-4-22(25)27-21-10-9-20-19-7-5-15-13-16(26-14(2)24)6-8-17(15)18(19)11-12-23(20,21)3/h5,7,16,20-21H,4,6,8-13H2,1-3H3. The van der Waals surface area contributed by atoms with Crippen molar-refractivity contribution >= 4 is 11.9 Å². The first-order chi connectivity index (χ1) is 12.9. The lowest BCUT2D eigenvalue weighted by Crippen LogP contribution is -2.38. The monoisotopic (exact) mass is 370 g/mol. The maximum Gasteiger partial charge on any atom is 0.305 e. The smallest absolute Gasteiger partial charge is 0.305 e. The summed E-state index contributed by atoms with van der Waals surface area (Å²) in [6, 6.07) is 4.55. The molecule has 0 spiro atoms. The van der Waals surface area contributed by atoms with E-state index < -0.39 is 0 Å². The first-order valence-corrected chi connectivity index (χ1v) is 10.4. The molecule has 0 bridgehead atoms. The zero-order valence-electron chi connectivity index (χ0n) is 16.7. The van der Waals surface area contributed by atoms with Crippen LogP contribution in [0.3, 0.4) is 0 Å². The largest absolute Gasteiger partial charge is 0.462 e. The number of rotatable bonds is 3. The van der Waals surface area contributed by atoms with Crippen LogP contribution in [0.25, 0.3) is 0 Å². The lowest BCUT2D eigenvalue weighted by Gasteiger charge is -2.42. The summed E-state index contributed by atoms with van der Waals surface area (Å²) in [5.74, 6) is 0.220. The number of hydrogen-bond donors (Lipinski definition) is 0. The minimum atomic E-state index is -0.184. The Morgan fingerprint density at radius 3 is 2.67 bits per heavy atom. The summed E-state index contributed by atoms with van der Waals surface area (Å²) in [7, 11) is 0. The van der Waals surface area contributed by atoms with Crippen molar-refractivity contribution < 1.29 is 19.1 Å². The van der Waals surface area contributed by atoms with E-state index in [-0.39, 0.29) is 29.6 Å². The summed E-state index contributed by atoms with van der Waals surface area (Å²) in [5.41, 5.74) is 5.90. The molecule has 1 aromatic rings. The van der Waals surface area contributed by atoms with Crippen LogP contribution < -0.4 is 0 Å². The summed E-state index contributed by atoms with van der Waals surface area (Å²) in [6.07, 6.45) is 7.47. The normalized spacial score (nSPS) is 31.4. The Hall–Kier alpha value is -1.84. The molecule has 0 aromatic heterocycles. The molecule has 4 heteroatoms. The zero-order chi connectivity index (χ0) is 19.2. The van der Waals surface area contributed by atoms with Crippen molar-refractivity contribution in [1.82, 2.24) is 0 Å². The Labute approximate surface area is 161 Å². The highest BCUT2D eigenvalue weighted by molar-refractivity contribution is 5.69. The van der Waals surface area contributed by atoms with Crippen molar-refractivity contribution in [3.05, 3.63) is 34.4 Å². The molecule has 0 N–H and O–H groups in total. The van der Waals surface area contributed by atoms with E-state index in [1.54, 1.807) is 0 Å². The molecule has 27 heavy (non-hydrogen) atoms. The van der Waals surface area contributed by atoms with Crippen LogP contribution in [0.2, 0.25) is 0 Å². The maximum absolute atomic E-state index is 11.9. The van der Waals surface area contributed by atoms with Gasteiger partial charge in [-0.3, -0.25) is 9.59 Å². The summed E-state index contributed by atoms with van der Waals surface area (Å²) >= 11 is 0. The quantitative estimate of drug-likeness (QED) is 0.746. The number of hydrogen-bond acceptors (Lipinski definition) is 4. The second kappa shape index (κ2) is 6.96. The fourth-order valence-electron chi connectivity index (χ4n) is 5.75. The molecule has 4 nitrogen and oxygen atoms in total. The lowest BCUT2D eigenvalue weighted by atomic mass is 9.64. The van der Waals surface area contributed by atoms with E-state index in [0.717, 1.165) is 44.9 Å². The van der Waals surface area contributed by atoms with Crippen molar-refractivity contribution in [2.45, 2.75) is 90.3 Å². The molecule has 0 heterocycles. The van der Waals surface area contributed by atoms with Crippen molar-refractivity contribution in [3.8, 4) is 0 Å². The van der Waals surface area contributed by atoms with Crippen molar-refractivity contribution in [3.63, 3.8) is 0 Å². The molecule has 1 saturated carbocycles. The number of esters is 2. The molecule has 4 atom stereocenters. The van der Waals surface area contributed by atoms with Crippen LogP contribution in [0.1, 0.15) is 81.0 Å². The fraction of sp³-hybridized carbons (Fsp3) is 0.652. The van der Waals surface area contributed by atoms with Gasteiger partial charge in [-0.2, -0.15) is 0 Å². The Morgan fingerprint density at radius 2 is 1.93 bits per heavy atom. The fourth-order valence-corrected chi connectivity index (χ4v) is 5.75. The number of fused-ring (bicyclic) bond motifs is 5. The predicted molar refractivity (Wildman–Crippen MR) is 103 cm³/mol. The SMILES string of the molecule is CCC(=O)OC1CCC2c3ccc4c(c3CCC12C)CCC(OC(C)=O)C4. The molecule has 0 amide bonds. The predicted octanol–water partition coefficient (Wildman–Crippen LogP) is 4.26. The molecule has 4 unspecified atom stereocenters. The molecular formula is C23H30O4. The van der Waals surface area contributed by atoms with Gasteiger partial charge in [0.2, 0.25) is 0 Å². The Morgan fingerprint density at radius 1 is 1.11 bits per heavy atom. The number of carbonyl (C=O) groups is 2. The third-order valence-electron chi connectivity index (χ3n) is 7.16. The number of carbonyl (C=O) groups excluding carboxylic acids is 2. The van der Waals surface area contributed by atoms with Crippen LogP contribution in [-0.2, 0) is 38.3 Å². The second-order valence-electron chi connectivity index (χ2n) is 8.71.